The lowest BCUT2D eigenvalue weighted by molar-refractivity contribution is -0.891. The molecule has 0 radical (unpaired) electrons. The molecule has 0 aliphatic rings. The van der Waals surface area contributed by atoms with Crippen molar-refractivity contribution in [1.29, 1.82) is 0 Å². The lowest BCUT2D eigenvalue weighted by Gasteiger charge is -2.29. The minimum Gasteiger partial charge on any atom is -0.565 e. The van der Waals surface area contributed by atoms with Gasteiger partial charge in [-0.05, 0) is 13.8 Å². The first-order valence-corrected chi connectivity index (χ1v) is 5.73. The van der Waals surface area contributed by atoms with Crippen LogP contribution in [-0.2, 0) is 9.47 Å². The molecule has 0 aliphatic heterocycles. The van der Waals surface area contributed by atoms with Crippen molar-refractivity contribution in [1.82, 2.24) is 0 Å². The molecule has 6 nitrogen and oxygen atoms in total. The Morgan fingerprint density at radius 2 is 1.41 bits per heavy atom. The summed E-state index contributed by atoms with van der Waals surface area (Å²) in [5.74, 6) is 0. The Kier molecular flexibility index (Phi) is 12.7. The second-order valence-corrected chi connectivity index (χ2v) is 4.04. The molecule has 0 aliphatic carbocycles. The molecule has 0 amide bonds. The van der Waals surface area contributed by atoms with E-state index in [1.165, 1.54) is 0 Å². The maximum absolute atomic E-state index is 8.44. The normalized spacial score (nSPS) is 10.6. The standard InChI is InChI=1S/C10H24NO2.CH2O3/c1-5-12-9-7-11(3,4)8-10-13-6-2;2-1(3)4/h5-10H2,1-4H3;(H2,2,3,4)/q+1;/p-1. The van der Waals surface area contributed by atoms with Crippen LogP contribution in [0.4, 0.5) is 4.79 Å². The maximum Gasteiger partial charge on any atom is 0.249 e. The first-order valence-electron chi connectivity index (χ1n) is 5.73. The van der Waals surface area contributed by atoms with E-state index in [2.05, 4.69) is 14.1 Å². The Bertz CT molecular complexity index is 169. The van der Waals surface area contributed by atoms with Crippen LogP contribution in [0.25, 0.3) is 0 Å². The summed E-state index contributed by atoms with van der Waals surface area (Å²) in [7, 11) is 4.41. The molecular weight excluding hydrogens is 226 g/mol. The summed E-state index contributed by atoms with van der Waals surface area (Å²) in [5.41, 5.74) is 0. The van der Waals surface area contributed by atoms with E-state index in [1.54, 1.807) is 0 Å². The zero-order chi connectivity index (χ0) is 13.7. The second-order valence-electron chi connectivity index (χ2n) is 4.04. The number of hydrogen-bond acceptors (Lipinski definition) is 4. The van der Waals surface area contributed by atoms with Gasteiger partial charge in [-0.1, -0.05) is 0 Å². The third-order valence-corrected chi connectivity index (χ3v) is 2.09. The van der Waals surface area contributed by atoms with Gasteiger partial charge in [0.05, 0.1) is 27.3 Å². The highest BCUT2D eigenvalue weighted by Gasteiger charge is 2.13. The fourth-order valence-electron chi connectivity index (χ4n) is 1.02. The molecule has 0 saturated heterocycles. The smallest absolute Gasteiger partial charge is 0.249 e. The predicted octanol–water partition coefficient (Wildman–Crippen LogP) is 0.0235. The summed E-state index contributed by atoms with van der Waals surface area (Å²) >= 11 is 0. The summed E-state index contributed by atoms with van der Waals surface area (Å²) in [4.78, 5) is 8.44. The van der Waals surface area contributed by atoms with E-state index < -0.39 is 6.16 Å². The average Bonchev–Trinajstić information content (AvgIpc) is 2.17. The van der Waals surface area contributed by atoms with Crippen molar-refractivity contribution in [3.05, 3.63) is 0 Å². The molecule has 0 atom stereocenters. The highest BCUT2D eigenvalue weighted by Crippen LogP contribution is 1.96. The first-order chi connectivity index (χ1) is 7.85. The van der Waals surface area contributed by atoms with Crippen LogP contribution in [0.5, 0.6) is 0 Å². The van der Waals surface area contributed by atoms with E-state index >= 15 is 0 Å². The van der Waals surface area contributed by atoms with Gasteiger partial charge in [0.2, 0.25) is 6.16 Å². The fourth-order valence-corrected chi connectivity index (χ4v) is 1.02. The van der Waals surface area contributed by atoms with E-state index in [4.69, 9.17) is 24.5 Å². The number of likely N-dealkylation sites (N-methyl/N-ethyl adjacent to an activating group) is 1. The molecule has 0 aromatic heterocycles. The number of carboxylic acid groups (broad SMARTS) is 2. The molecule has 0 unspecified atom stereocenters. The molecule has 0 rings (SSSR count). The Morgan fingerprint density at radius 1 is 1.12 bits per heavy atom. The van der Waals surface area contributed by atoms with E-state index in [-0.39, 0.29) is 0 Å². The van der Waals surface area contributed by atoms with Gasteiger partial charge in [-0.25, -0.2) is 0 Å². The Labute approximate surface area is 103 Å². The van der Waals surface area contributed by atoms with Gasteiger partial charge < -0.3 is 29.0 Å². The average molecular weight is 251 g/mol. The Morgan fingerprint density at radius 3 is 1.65 bits per heavy atom. The van der Waals surface area contributed by atoms with Gasteiger partial charge in [0.1, 0.15) is 13.1 Å². The van der Waals surface area contributed by atoms with Crippen LogP contribution in [0.1, 0.15) is 13.8 Å². The summed E-state index contributed by atoms with van der Waals surface area (Å²) in [6, 6.07) is 0. The van der Waals surface area contributed by atoms with Crippen LogP contribution in [0.2, 0.25) is 0 Å². The summed E-state index contributed by atoms with van der Waals surface area (Å²) in [6.45, 7) is 9.48. The zero-order valence-corrected chi connectivity index (χ0v) is 11.3. The Balaban J connectivity index is 0. The molecule has 0 aromatic rings. The lowest BCUT2D eigenvalue weighted by Crippen LogP contribution is -2.44. The van der Waals surface area contributed by atoms with E-state index in [0.29, 0.717) is 0 Å². The largest absolute Gasteiger partial charge is 0.565 e. The number of quaternary nitrogens is 1. The third kappa shape index (κ3) is 21.1. The van der Waals surface area contributed by atoms with Gasteiger partial charge in [-0.3, -0.25) is 0 Å². The summed E-state index contributed by atoms with van der Waals surface area (Å²) in [5, 5.41) is 15.3. The van der Waals surface area contributed by atoms with Crippen LogP contribution >= 0.6 is 0 Å². The van der Waals surface area contributed by atoms with Crippen molar-refractivity contribution in [2.75, 3.05) is 53.6 Å². The lowest BCUT2D eigenvalue weighted by atomic mass is 10.4. The number of nitrogens with zero attached hydrogens (tertiary/aromatic N) is 1. The Hall–Kier alpha value is -0.850. The van der Waals surface area contributed by atoms with Crippen molar-refractivity contribution in [3.8, 4) is 0 Å². The number of carbonyl (C=O) groups is 1. The summed E-state index contributed by atoms with van der Waals surface area (Å²) in [6.07, 6.45) is -2.08. The minimum atomic E-state index is -2.08. The van der Waals surface area contributed by atoms with Gasteiger partial charge in [-0.15, -0.1) is 0 Å². The molecule has 0 aromatic carbocycles. The van der Waals surface area contributed by atoms with E-state index in [1.807, 2.05) is 13.8 Å². The molecule has 1 N–H and O–H groups in total. The molecule has 0 fully saturated rings. The molecule has 0 bridgehead atoms. The monoisotopic (exact) mass is 251 g/mol. The topological polar surface area (TPSA) is 78.8 Å². The highest BCUT2D eigenvalue weighted by atomic mass is 16.6. The van der Waals surface area contributed by atoms with E-state index in [9.17, 15) is 0 Å². The number of ether oxygens (including phenoxy) is 2. The fraction of sp³-hybridized carbons (Fsp3) is 0.909. The quantitative estimate of drug-likeness (QED) is 0.486. The van der Waals surface area contributed by atoms with Crippen LogP contribution in [-0.4, -0.2) is 69.4 Å². The minimum absolute atomic E-state index is 0.811. The molecular formula is C11H25NO5. The van der Waals surface area contributed by atoms with Crippen LogP contribution < -0.4 is 5.11 Å². The van der Waals surface area contributed by atoms with Crippen molar-refractivity contribution < 1.29 is 29.0 Å². The van der Waals surface area contributed by atoms with Crippen molar-refractivity contribution >= 4 is 6.16 Å². The summed E-state index contributed by atoms with van der Waals surface area (Å²) < 4.78 is 11.6. The molecule has 0 heterocycles. The SMILES string of the molecule is CCOCC[N+](C)(C)CCOCC.O=C([O-])O. The molecule has 17 heavy (non-hydrogen) atoms. The van der Waals surface area contributed by atoms with Crippen molar-refractivity contribution in [2.45, 2.75) is 13.8 Å². The van der Waals surface area contributed by atoms with Crippen LogP contribution in [0.15, 0.2) is 0 Å². The van der Waals surface area contributed by atoms with Gasteiger partial charge in [0.25, 0.3) is 0 Å². The second kappa shape index (κ2) is 11.6. The van der Waals surface area contributed by atoms with Gasteiger partial charge in [-0.2, -0.15) is 0 Å². The highest BCUT2D eigenvalue weighted by molar-refractivity contribution is 5.50. The van der Waals surface area contributed by atoms with Gasteiger partial charge in [0, 0.05) is 13.2 Å². The number of hydrogen-bond donors (Lipinski definition) is 1. The zero-order valence-electron chi connectivity index (χ0n) is 11.3. The maximum atomic E-state index is 8.44. The third-order valence-electron chi connectivity index (χ3n) is 2.09. The van der Waals surface area contributed by atoms with Crippen molar-refractivity contribution in [2.24, 2.45) is 0 Å². The molecule has 0 saturated carbocycles. The predicted molar refractivity (Wildman–Crippen MR) is 62.9 cm³/mol. The van der Waals surface area contributed by atoms with E-state index in [0.717, 1.165) is 44.0 Å². The molecule has 104 valence electrons. The first kappa shape index (κ1) is 18.5. The number of rotatable bonds is 8. The van der Waals surface area contributed by atoms with Gasteiger partial charge >= 0.3 is 0 Å². The van der Waals surface area contributed by atoms with Crippen LogP contribution in [0, 0.1) is 0 Å². The van der Waals surface area contributed by atoms with Crippen LogP contribution in [0.3, 0.4) is 0 Å². The van der Waals surface area contributed by atoms with Crippen molar-refractivity contribution in [3.63, 3.8) is 0 Å². The van der Waals surface area contributed by atoms with Gasteiger partial charge in [0.15, 0.2) is 0 Å². The molecule has 6 heteroatoms. The molecule has 0 spiro atoms.